The van der Waals surface area contributed by atoms with Gasteiger partial charge in [-0.3, -0.25) is 0 Å². The van der Waals surface area contributed by atoms with Crippen molar-refractivity contribution in [2.45, 2.75) is 0 Å². The van der Waals surface area contributed by atoms with Crippen molar-refractivity contribution >= 4 is 31.9 Å². The van der Waals surface area contributed by atoms with Gasteiger partial charge in [0.1, 0.15) is 10.3 Å². The largest absolute Gasteiger partial charge is 0.232 e. The van der Waals surface area contributed by atoms with Crippen LogP contribution >= 0.6 is 31.9 Å². The Balaban J connectivity index is 2.87. The summed E-state index contributed by atoms with van der Waals surface area (Å²) in [6.45, 7) is 0. The first-order valence-corrected chi connectivity index (χ1v) is 4.92. The smallest absolute Gasteiger partial charge is 0.114 e. The van der Waals surface area contributed by atoms with Gasteiger partial charge in [0.2, 0.25) is 0 Å². The summed E-state index contributed by atoms with van der Waals surface area (Å²) in [6.07, 6.45) is 0. The molecular formula is C8H5Br2N. The van der Waals surface area contributed by atoms with Crippen molar-refractivity contribution < 1.29 is 0 Å². The molecule has 0 aliphatic carbocycles. The second-order valence-corrected chi connectivity index (χ2v) is 3.15. The maximum atomic E-state index is 4.13. The van der Waals surface area contributed by atoms with E-state index in [1.54, 1.807) is 0 Å². The molecule has 0 aliphatic rings. The standard InChI is InChI=1S/C8H5Br2N/c9-6-2-4-7-3-1-5-8(10)11-7/h1,3,5H,6H2. The summed E-state index contributed by atoms with van der Waals surface area (Å²) in [5.74, 6) is 5.77. The molecule has 0 N–H and O–H groups in total. The van der Waals surface area contributed by atoms with E-state index in [-0.39, 0.29) is 0 Å². The van der Waals surface area contributed by atoms with Crippen molar-refractivity contribution in [2.24, 2.45) is 0 Å². The van der Waals surface area contributed by atoms with E-state index in [9.17, 15) is 0 Å². The lowest BCUT2D eigenvalue weighted by molar-refractivity contribution is 1.24. The Kier molecular flexibility index (Phi) is 3.61. The minimum Gasteiger partial charge on any atom is -0.232 e. The van der Waals surface area contributed by atoms with Crippen molar-refractivity contribution in [1.82, 2.24) is 4.98 Å². The van der Waals surface area contributed by atoms with Gasteiger partial charge in [0, 0.05) is 0 Å². The van der Waals surface area contributed by atoms with Crippen LogP contribution in [-0.4, -0.2) is 10.3 Å². The highest BCUT2D eigenvalue weighted by Gasteiger charge is 1.88. The predicted molar refractivity (Wildman–Crippen MR) is 52.6 cm³/mol. The fourth-order valence-electron chi connectivity index (χ4n) is 0.602. The Morgan fingerprint density at radius 3 is 2.91 bits per heavy atom. The Hall–Kier alpha value is -0.330. The number of halogens is 2. The third kappa shape index (κ3) is 3.04. The van der Waals surface area contributed by atoms with Gasteiger partial charge in [-0.1, -0.05) is 27.9 Å². The predicted octanol–water partition coefficient (Wildman–Crippen LogP) is 2.59. The fourth-order valence-corrected chi connectivity index (χ4v) is 1.09. The fraction of sp³-hybridized carbons (Fsp3) is 0.125. The zero-order valence-corrected chi connectivity index (χ0v) is 8.81. The van der Waals surface area contributed by atoms with Crippen LogP contribution in [-0.2, 0) is 0 Å². The van der Waals surface area contributed by atoms with Crippen LogP contribution in [0, 0.1) is 11.8 Å². The van der Waals surface area contributed by atoms with Crippen molar-refractivity contribution in [3.05, 3.63) is 28.5 Å². The van der Waals surface area contributed by atoms with Crippen LogP contribution in [0.1, 0.15) is 5.69 Å². The van der Waals surface area contributed by atoms with Gasteiger partial charge in [0.05, 0.1) is 5.33 Å². The molecule has 0 atom stereocenters. The quantitative estimate of drug-likeness (QED) is 0.403. The molecule has 1 aromatic heterocycles. The molecule has 0 unspecified atom stereocenters. The zero-order chi connectivity index (χ0) is 8.10. The van der Waals surface area contributed by atoms with Crippen LogP contribution in [0.15, 0.2) is 22.8 Å². The van der Waals surface area contributed by atoms with Gasteiger partial charge >= 0.3 is 0 Å². The van der Waals surface area contributed by atoms with Gasteiger partial charge < -0.3 is 0 Å². The van der Waals surface area contributed by atoms with Gasteiger partial charge in [-0.05, 0) is 34.0 Å². The summed E-state index contributed by atoms with van der Waals surface area (Å²) in [7, 11) is 0. The summed E-state index contributed by atoms with van der Waals surface area (Å²) in [6, 6.07) is 5.66. The van der Waals surface area contributed by atoms with Crippen LogP contribution in [0.3, 0.4) is 0 Å². The maximum absolute atomic E-state index is 4.13. The summed E-state index contributed by atoms with van der Waals surface area (Å²) in [5.41, 5.74) is 0.791. The number of nitrogens with zero attached hydrogens (tertiary/aromatic N) is 1. The number of rotatable bonds is 0. The monoisotopic (exact) mass is 273 g/mol. The van der Waals surface area contributed by atoms with Gasteiger partial charge in [-0.2, -0.15) is 0 Å². The molecule has 0 aromatic carbocycles. The molecule has 0 radical (unpaired) electrons. The molecule has 0 amide bonds. The third-order valence-corrected chi connectivity index (χ3v) is 1.72. The average molecular weight is 275 g/mol. The second kappa shape index (κ2) is 4.53. The topological polar surface area (TPSA) is 12.9 Å². The Bertz CT molecular complexity index is 298. The molecule has 0 bridgehead atoms. The first-order valence-electron chi connectivity index (χ1n) is 3.00. The SMILES string of the molecule is BrCC#Cc1cccc(Br)n1. The van der Waals surface area contributed by atoms with E-state index < -0.39 is 0 Å². The summed E-state index contributed by atoms with van der Waals surface area (Å²) < 4.78 is 0.818. The van der Waals surface area contributed by atoms with Gasteiger partial charge in [-0.25, -0.2) is 4.98 Å². The van der Waals surface area contributed by atoms with Crippen LogP contribution in [0.5, 0.6) is 0 Å². The summed E-state index contributed by atoms with van der Waals surface area (Å²) >= 11 is 6.48. The molecule has 1 nitrogen and oxygen atoms in total. The average Bonchev–Trinajstić information content (AvgIpc) is 2.01. The zero-order valence-electron chi connectivity index (χ0n) is 5.64. The number of hydrogen-bond acceptors (Lipinski definition) is 1. The van der Waals surface area contributed by atoms with Crippen LogP contribution < -0.4 is 0 Å². The molecular weight excluding hydrogens is 270 g/mol. The molecule has 0 spiro atoms. The van der Waals surface area contributed by atoms with E-state index in [0.29, 0.717) is 5.33 Å². The lowest BCUT2D eigenvalue weighted by Crippen LogP contribution is -1.81. The molecule has 11 heavy (non-hydrogen) atoms. The van der Waals surface area contributed by atoms with E-state index in [1.165, 1.54) is 0 Å². The van der Waals surface area contributed by atoms with Crippen LogP contribution in [0.2, 0.25) is 0 Å². The summed E-state index contributed by atoms with van der Waals surface area (Å²) in [4.78, 5) is 4.13. The number of alkyl halides is 1. The van der Waals surface area contributed by atoms with Crippen molar-refractivity contribution in [2.75, 3.05) is 5.33 Å². The summed E-state index contributed by atoms with van der Waals surface area (Å²) in [5, 5.41) is 0.682. The van der Waals surface area contributed by atoms with Crippen molar-refractivity contribution in [3.63, 3.8) is 0 Å². The highest BCUT2D eigenvalue weighted by molar-refractivity contribution is 9.10. The van der Waals surface area contributed by atoms with Gasteiger partial charge in [-0.15, -0.1) is 0 Å². The van der Waals surface area contributed by atoms with Crippen molar-refractivity contribution in [1.29, 1.82) is 0 Å². The van der Waals surface area contributed by atoms with Gasteiger partial charge in [0.15, 0.2) is 0 Å². The Labute approximate surface area is 82.5 Å². The first-order chi connectivity index (χ1) is 5.33. The normalized spacial score (nSPS) is 8.55. The highest BCUT2D eigenvalue weighted by atomic mass is 79.9. The van der Waals surface area contributed by atoms with Crippen LogP contribution in [0.4, 0.5) is 0 Å². The first kappa shape index (κ1) is 8.76. The highest BCUT2D eigenvalue weighted by Crippen LogP contribution is 2.04. The lowest BCUT2D eigenvalue weighted by atomic mass is 10.3. The van der Waals surface area contributed by atoms with E-state index in [4.69, 9.17) is 0 Å². The van der Waals surface area contributed by atoms with E-state index in [0.717, 1.165) is 10.3 Å². The number of pyridine rings is 1. The number of hydrogen-bond donors (Lipinski definition) is 0. The Morgan fingerprint density at radius 2 is 2.27 bits per heavy atom. The third-order valence-electron chi connectivity index (χ3n) is 0.998. The Morgan fingerprint density at radius 1 is 1.45 bits per heavy atom. The maximum Gasteiger partial charge on any atom is 0.114 e. The second-order valence-electron chi connectivity index (χ2n) is 1.78. The number of aromatic nitrogens is 1. The molecule has 0 aliphatic heterocycles. The molecule has 3 heteroatoms. The molecule has 56 valence electrons. The van der Waals surface area contributed by atoms with Crippen LogP contribution in [0.25, 0.3) is 0 Å². The molecule has 0 saturated carbocycles. The minimum absolute atomic E-state index is 0.682. The van der Waals surface area contributed by atoms with Gasteiger partial charge in [0.25, 0.3) is 0 Å². The van der Waals surface area contributed by atoms with E-state index in [1.807, 2.05) is 18.2 Å². The lowest BCUT2D eigenvalue weighted by Gasteiger charge is -1.88. The molecule has 1 rings (SSSR count). The molecule has 1 aromatic rings. The van der Waals surface area contributed by atoms with Crippen molar-refractivity contribution in [3.8, 4) is 11.8 Å². The van der Waals surface area contributed by atoms with E-state index in [2.05, 4.69) is 48.7 Å². The molecule has 0 fully saturated rings. The molecule has 0 saturated heterocycles. The van der Waals surface area contributed by atoms with E-state index >= 15 is 0 Å². The molecule has 1 heterocycles. The minimum atomic E-state index is 0.682.